The number of fused-ring (bicyclic) bond motifs is 3. The number of hydrogen-bond donors (Lipinski definition) is 1. The number of nitrogens with zero attached hydrogens (tertiary/aromatic N) is 2. The normalized spacial score (nSPS) is 18.7. The molecule has 0 radical (unpaired) electrons. The minimum absolute atomic E-state index is 0.0933. The lowest BCUT2D eigenvalue weighted by Gasteiger charge is -2.21. The number of aromatic amines is 1. The second-order valence-corrected chi connectivity index (χ2v) is 6.88. The molecule has 2 aromatic heterocycles. The highest BCUT2D eigenvalue weighted by molar-refractivity contribution is 6.14. The first-order valence-corrected chi connectivity index (χ1v) is 7.60. The smallest absolute Gasteiger partial charge is 0.238 e. The first kappa shape index (κ1) is 13.3. The van der Waals surface area contributed by atoms with Crippen LogP contribution >= 0.6 is 0 Å². The van der Waals surface area contributed by atoms with Gasteiger partial charge >= 0.3 is 0 Å². The fraction of sp³-hybridized carbons (Fsp3) is 0.333. The first-order valence-electron chi connectivity index (χ1n) is 7.60. The summed E-state index contributed by atoms with van der Waals surface area (Å²) in [5.74, 6) is 0.650. The molecule has 22 heavy (non-hydrogen) atoms. The van der Waals surface area contributed by atoms with E-state index in [0.717, 1.165) is 22.1 Å². The molecule has 112 valence electrons. The summed E-state index contributed by atoms with van der Waals surface area (Å²) in [5.41, 5.74) is 3.01. The number of rotatable bonds is 1. The summed E-state index contributed by atoms with van der Waals surface area (Å²) in [6, 6.07) is 10.5. The topological polar surface area (TPSA) is 50.3 Å². The molecule has 0 unspecified atom stereocenters. The second-order valence-electron chi connectivity index (χ2n) is 6.88. The van der Waals surface area contributed by atoms with Crippen LogP contribution in [-0.2, 0) is 4.74 Å². The van der Waals surface area contributed by atoms with Crippen LogP contribution in [-0.4, -0.2) is 28.5 Å². The lowest BCUT2D eigenvalue weighted by atomic mass is 9.88. The standard InChI is InChI=1S/C18H19N3O/c1-18(2,3)14-10-22-17(21-14)16-15-12(8-9-19-16)11-6-4-5-7-13(11)20-15/h4-9,14,20H,10H2,1-3H3/t14-/m0/s1. The highest BCUT2D eigenvalue weighted by Gasteiger charge is 2.31. The molecule has 0 fully saturated rings. The van der Waals surface area contributed by atoms with Crippen LogP contribution in [0, 0.1) is 5.41 Å². The molecule has 1 N–H and O–H groups in total. The quantitative estimate of drug-likeness (QED) is 0.739. The number of aromatic nitrogens is 2. The van der Waals surface area contributed by atoms with Crippen molar-refractivity contribution in [2.45, 2.75) is 26.8 Å². The van der Waals surface area contributed by atoms with Crippen molar-refractivity contribution in [3.63, 3.8) is 0 Å². The Morgan fingerprint density at radius 3 is 2.73 bits per heavy atom. The predicted octanol–water partition coefficient (Wildman–Crippen LogP) is 3.91. The zero-order valence-corrected chi connectivity index (χ0v) is 13.1. The van der Waals surface area contributed by atoms with E-state index in [1.165, 1.54) is 5.39 Å². The van der Waals surface area contributed by atoms with Gasteiger partial charge in [-0.3, -0.25) is 0 Å². The lowest BCUT2D eigenvalue weighted by molar-refractivity contribution is 0.235. The van der Waals surface area contributed by atoms with Gasteiger partial charge in [-0.25, -0.2) is 9.98 Å². The van der Waals surface area contributed by atoms with Crippen LogP contribution in [0.1, 0.15) is 26.5 Å². The molecular weight excluding hydrogens is 274 g/mol. The van der Waals surface area contributed by atoms with Crippen LogP contribution < -0.4 is 0 Å². The maximum Gasteiger partial charge on any atom is 0.238 e. The van der Waals surface area contributed by atoms with Gasteiger partial charge < -0.3 is 9.72 Å². The van der Waals surface area contributed by atoms with Crippen LogP contribution in [0.2, 0.25) is 0 Å². The largest absolute Gasteiger partial charge is 0.474 e. The van der Waals surface area contributed by atoms with Crippen molar-refractivity contribution >= 4 is 27.7 Å². The van der Waals surface area contributed by atoms with Gasteiger partial charge in [0.25, 0.3) is 0 Å². The van der Waals surface area contributed by atoms with Gasteiger partial charge in [0, 0.05) is 22.5 Å². The third kappa shape index (κ3) is 1.98. The molecule has 3 aromatic rings. The van der Waals surface area contributed by atoms with E-state index in [9.17, 15) is 0 Å². The summed E-state index contributed by atoms with van der Waals surface area (Å²) in [5, 5.41) is 2.36. The molecule has 0 saturated carbocycles. The SMILES string of the molecule is CC(C)(C)[C@@H]1COC(c2nccc3c2[nH]c2ccccc23)=N1. The van der Waals surface area contributed by atoms with Gasteiger partial charge in [-0.15, -0.1) is 0 Å². The average Bonchev–Trinajstić information content (AvgIpc) is 3.11. The molecule has 3 heterocycles. The highest BCUT2D eigenvalue weighted by atomic mass is 16.5. The molecule has 0 aliphatic carbocycles. The summed E-state index contributed by atoms with van der Waals surface area (Å²) in [6.07, 6.45) is 1.83. The lowest BCUT2D eigenvalue weighted by Crippen LogP contribution is -2.25. The van der Waals surface area contributed by atoms with Gasteiger partial charge in [0.2, 0.25) is 5.90 Å². The maximum absolute atomic E-state index is 5.85. The number of ether oxygens (including phenoxy) is 1. The van der Waals surface area contributed by atoms with Crippen LogP contribution in [0.5, 0.6) is 0 Å². The van der Waals surface area contributed by atoms with Crippen LogP contribution in [0.4, 0.5) is 0 Å². The first-order chi connectivity index (χ1) is 10.5. The van der Waals surface area contributed by atoms with E-state index in [-0.39, 0.29) is 11.5 Å². The Bertz CT molecular complexity index is 886. The number of aliphatic imine (C=N–C) groups is 1. The molecule has 0 bridgehead atoms. The van der Waals surface area contributed by atoms with Gasteiger partial charge in [0.05, 0.1) is 11.6 Å². The van der Waals surface area contributed by atoms with E-state index >= 15 is 0 Å². The third-order valence-corrected chi connectivity index (χ3v) is 4.28. The number of nitrogens with one attached hydrogen (secondary N) is 1. The molecule has 0 saturated heterocycles. The monoisotopic (exact) mass is 293 g/mol. The molecule has 1 aromatic carbocycles. The van der Waals surface area contributed by atoms with Gasteiger partial charge in [-0.05, 0) is 17.5 Å². The summed E-state index contributed by atoms with van der Waals surface area (Å²) in [6.45, 7) is 7.18. The van der Waals surface area contributed by atoms with Gasteiger partial charge in [-0.1, -0.05) is 39.0 Å². The molecule has 4 nitrogen and oxygen atoms in total. The van der Waals surface area contributed by atoms with Crippen molar-refractivity contribution in [1.82, 2.24) is 9.97 Å². The van der Waals surface area contributed by atoms with E-state index in [4.69, 9.17) is 9.73 Å². The van der Waals surface area contributed by atoms with E-state index < -0.39 is 0 Å². The molecule has 1 aliphatic rings. The fourth-order valence-electron chi connectivity index (χ4n) is 2.88. The summed E-state index contributed by atoms with van der Waals surface area (Å²) < 4.78 is 5.85. The summed E-state index contributed by atoms with van der Waals surface area (Å²) >= 11 is 0. The maximum atomic E-state index is 5.85. The van der Waals surface area contributed by atoms with E-state index in [2.05, 4.69) is 48.9 Å². The Labute approximate surface area is 129 Å². The number of hydrogen-bond acceptors (Lipinski definition) is 3. The van der Waals surface area contributed by atoms with Crippen molar-refractivity contribution in [3.8, 4) is 0 Å². The molecule has 0 amide bonds. The van der Waals surface area contributed by atoms with Gasteiger partial charge in [0.1, 0.15) is 12.3 Å². The minimum atomic E-state index is 0.0933. The number of para-hydroxylation sites is 1. The second kappa shape index (κ2) is 4.57. The Kier molecular flexibility index (Phi) is 2.76. The van der Waals surface area contributed by atoms with E-state index in [1.54, 1.807) is 0 Å². The molecular formula is C18H19N3O. The fourth-order valence-corrected chi connectivity index (χ4v) is 2.88. The van der Waals surface area contributed by atoms with Crippen molar-refractivity contribution in [2.24, 2.45) is 10.4 Å². The van der Waals surface area contributed by atoms with Crippen LogP contribution in [0.25, 0.3) is 21.8 Å². The van der Waals surface area contributed by atoms with Crippen molar-refractivity contribution in [2.75, 3.05) is 6.61 Å². The molecule has 0 spiro atoms. The Morgan fingerprint density at radius 2 is 1.95 bits per heavy atom. The summed E-state index contributed by atoms with van der Waals surface area (Å²) in [7, 11) is 0. The Balaban J connectivity index is 1.89. The van der Waals surface area contributed by atoms with Gasteiger partial charge in [0.15, 0.2) is 0 Å². The Morgan fingerprint density at radius 1 is 1.14 bits per heavy atom. The number of H-pyrrole nitrogens is 1. The van der Waals surface area contributed by atoms with Crippen molar-refractivity contribution < 1.29 is 4.74 Å². The molecule has 1 aliphatic heterocycles. The number of pyridine rings is 1. The van der Waals surface area contributed by atoms with Crippen LogP contribution in [0.15, 0.2) is 41.5 Å². The average molecular weight is 293 g/mol. The number of benzene rings is 1. The molecule has 4 heteroatoms. The van der Waals surface area contributed by atoms with Crippen LogP contribution in [0.3, 0.4) is 0 Å². The van der Waals surface area contributed by atoms with Gasteiger partial charge in [-0.2, -0.15) is 0 Å². The predicted molar refractivity (Wildman–Crippen MR) is 89.3 cm³/mol. The third-order valence-electron chi connectivity index (χ3n) is 4.28. The summed E-state index contributed by atoms with van der Waals surface area (Å²) in [4.78, 5) is 12.7. The zero-order valence-electron chi connectivity index (χ0n) is 13.1. The highest BCUT2D eigenvalue weighted by Crippen LogP contribution is 2.30. The molecule has 1 atom stereocenters. The van der Waals surface area contributed by atoms with Crippen molar-refractivity contribution in [1.29, 1.82) is 0 Å². The molecule has 4 rings (SSSR count). The van der Waals surface area contributed by atoms with E-state index in [0.29, 0.717) is 12.5 Å². The Hall–Kier alpha value is -2.36. The minimum Gasteiger partial charge on any atom is -0.474 e. The zero-order chi connectivity index (χ0) is 15.3. The van der Waals surface area contributed by atoms with Crippen molar-refractivity contribution in [3.05, 3.63) is 42.2 Å². The van der Waals surface area contributed by atoms with E-state index in [1.807, 2.05) is 18.3 Å².